The number of alkyl halides is 1. The number of nitrogens with one attached hydrogen (secondary N) is 1. The Kier molecular flexibility index (Phi) is 7.17. The molecule has 1 aliphatic heterocycles. The zero-order valence-corrected chi connectivity index (χ0v) is 17.8. The van der Waals surface area contributed by atoms with Crippen LogP contribution in [-0.4, -0.2) is 62.6 Å². The fourth-order valence-electron chi connectivity index (χ4n) is 3.86. The molecule has 8 nitrogen and oxygen atoms in total. The molecule has 1 atom stereocenters. The summed E-state index contributed by atoms with van der Waals surface area (Å²) < 4.78 is 0. The number of aliphatic hydroxyl groups excluding tert-OH is 2. The summed E-state index contributed by atoms with van der Waals surface area (Å²) in [6, 6.07) is 17.3. The topological polar surface area (TPSA) is 127 Å². The van der Waals surface area contributed by atoms with Crippen molar-refractivity contribution in [1.82, 2.24) is 10.2 Å². The molecule has 1 aliphatic rings. The molecule has 2 aromatic carbocycles. The first kappa shape index (κ1) is 23.3. The first-order valence-electron chi connectivity index (χ1n) is 9.87. The number of hydrogen-bond acceptors (Lipinski definition) is 5. The molecule has 2 aromatic rings. The molecular formula is C23H23ClN2O6. The number of carboxylic acid groups (broad SMARTS) is 1. The molecular weight excluding hydrogens is 436 g/mol. The minimum Gasteiger partial charge on any atom is -0.511 e. The Hall–Kier alpha value is -3.36. The number of amides is 2. The van der Waals surface area contributed by atoms with E-state index in [1.165, 1.54) is 4.90 Å². The number of rotatable bonds is 8. The van der Waals surface area contributed by atoms with E-state index in [2.05, 4.69) is 5.32 Å². The summed E-state index contributed by atoms with van der Waals surface area (Å²) in [5, 5.41) is 31.8. The van der Waals surface area contributed by atoms with Crippen molar-refractivity contribution in [2.24, 2.45) is 0 Å². The molecule has 168 valence electrons. The lowest BCUT2D eigenvalue weighted by atomic mass is 9.83. The van der Waals surface area contributed by atoms with Gasteiger partial charge < -0.3 is 25.5 Å². The maximum absolute atomic E-state index is 13.7. The van der Waals surface area contributed by atoms with Gasteiger partial charge in [0.15, 0.2) is 0 Å². The number of carbonyl (C=O) groups is 3. The third kappa shape index (κ3) is 4.46. The summed E-state index contributed by atoms with van der Waals surface area (Å²) in [5.74, 6) is -3.93. The first-order chi connectivity index (χ1) is 15.3. The van der Waals surface area contributed by atoms with Crippen LogP contribution in [0.3, 0.4) is 0 Å². The molecule has 0 saturated carbocycles. The second-order valence-electron chi connectivity index (χ2n) is 7.49. The third-order valence-corrected chi connectivity index (χ3v) is 5.89. The second-order valence-corrected chi connectivity index (χ2v) is 7.76. The fourth-order valence-corrected chi connectivity index (χ4v) is 4.16. The predicted octanol–water partition coefficient (Wildman–Crippen LogP) is 1.99. The number of aliphatic carboxylic acids is 1. The molecule has 1 unspecified atom stereocenters. The van der Waals surface area contributed by atoms with Crippen LogP contribution in [0.5, 0.6) is 0 Å². The van der Waals surface area contributed by atoms with Crippen LogP contribution < -0.4 is 5.32 Å². The van der Waals surface area contributed by atoms with Gasteiger partial charge in [-0.3, -0.25) is 14.4 Å². The van der Waals surface area contributed by atoms with Crippen molar-refractivity contribution >= 4 is 29.4 Å². The Labute approximate surface area is 189 Å². The van der Waals surface area contributed by atoms with E-state index < -0.39 is 53.8 Å². The van der Waals surface area contributed by atoms with Gasteiger partial charge in [-0.05, 0) is 11.1 Å². The number of benzene rings is 2. The Bertz CT molecular complexity index is 982. The van der Waals surface area contributed by atoms with Crippen molar-refractivity contribution in [2.75, 3.05) is 19.0 Å². The summed E-state index contributed by atoms with van der Waals surface area (Å²) >= 11 is 6.25. The summed E-state index contributed by atoms with van der Waals surface area (Å²) in [6.45, 7) is -1.28. The summed E-state index contributed by atoms with van der Waals surface area (Å²) in [4.78, 5) is 38.5. The van der Waals surface area contributed by atoms with E-state index in [4.69, 9.17) is 16.7 Å². The van der Waals surface area contributed by atoms with Gasteiger partial charge in [-0.2, -0.15) is 0 Å². The molecule has 0 bridgehead atoms. The zero-order valence-electron chi connectivity index (χ0n) is 17.1. The number of carboxylic acids is 1. The number of hydrogen-bond donors (Lipinski definition) is 4. The highest BCUT2D eigenvalue weighted by Gasteiger charge is 2.50. The van der Waals surface area contributed by atoms with Crippen LogP contribution in [0, 0.1) is 0 Å². The molecule has 9 heteroatoms. The molecule has 0 spiro atoms. The minimum atomic E-state index is -1.39. The molecule has 2 amide bonds. The van der Waals surface area contributed by atoms with Crippen LogP contribution in [0.1, 0.15) is 23.6 Å². The van der Waals surface area contributed by atoms with Gasteiger partial charge in [-0.25, -0.2) is 0 Å². The standard InChI is InChI=1S/C23H23ClN2O6/c24-13-23(14-27)11-17(28)19(21(31)25-12-18(29)30)22(32)26(23)20(15-7-3-1-4-8-15)16-9-5-2-6-10-16/h1-10,20,27-28H,11-14H2,(H,25,31)(H,29,30). The highest BCUT2D eigenvalue weighted by atomic mass is 35.5. The maximum Gasteiger partial charge on any atom is 0.322 e. The molecule has 0 aromatic heterocycles. The second kappa shape index (κ2) is 9.84. The number of nitrogens with zero attached hydrogens (tertiary/aromatic N) is 1. The van der Waals surface area contributed by atoms with E-state index in [0.29, 0.717) is 11.1 Å². The molecule has 4 N–H and O–H groups in total. The lowest BCUT2D eigenvalue weighted by molar-refractivity contribution is -0.143. The van der Waals surface area contributed by atoms with E-state index in [-0.39, 0.29) is 12.3 Å². The van der Waals surface area contributed by atoms with E-state index in [0.717, 1.165) is 0 Å². The van der Waals surface area contributed by atoms with E-state index in [9.17, 15) is 24.6 Å². The Morgan fingerprint density at radius 3 is 2.03 bits per heavy atom. The van der Waals surface area contributed by atoms with Gasteiger partial charge in [0.25, 0.3) is 11.8 Å². The van der Waals surface area contributed by atoms with Gasteiger partial charge in [0.1, 0.15) is 17.9 Å². The van der Waals surface area contributed by atoms with Gasteiger partial charge in [0.2, 0.25) is 0 Å². The number of halogens is 1. The third-order valence-electron chi connectivity index (χ3n) is 5.39. The lowest BCUT2D eigenvalue weighted by Gasteiger charge is -2.49. The highest BCUT2D eigenvalue weighted by molar-refractivity contribution is 6.22. The Morgan fingerprint density at radius 1 is 1.06 bits per heavy atom. The Balaban J connectivity index is 2.18. The van der Waals surface area contributed by atoms with Crippen molar-refractivity contribution in [3.8, 4) is 0 Å². The van der Waals surface area contributed by atoms with E-state index in [1.54, 1.807) is 24.3 Å². The summed E-state index contributed by atoms with van der Waals surface area (Å²) in [6.07, 6.45) is -0.273. The fraction of sp³-hybridized carbons (Fsp3) is 0.261. The van der Waals surface area contributed by atoms with Crippen LogP contribution >= 0.6 is 11.6 Å². The number of carbonyl (C=O) groups excluding carboxylic acids is 2. The largest absolute Gasteiger partial charge is 0.511 e. The summed E-state index contributed by atoms with van der Waals surface area (Å²) in [5.41, 5.74) is -0.545. The van der Waals surface area contributed by atoms with Crippen LogP contribution in [0.15, 0.2) is 72.0 Å². The van der Waals surface area contributed by atoms with Crippen molar-refractivity contribution < 1.29 is 29.7 Å². The molecule has 1 heterocycles. The number of aliphatic hydroxyl groups is 2. The van der Waals surface area contributed by atoms with Gasteiger partial charge >= 0.3 is 5.97 Å². The average molecular weight is 459 g/mol. The van der Waals surface area contributed by atoms with Gasteiger partial charge in [0.05, 0.1) is 18.2 Å². The molecule has 32 heavy (non-hydrogen) atoms. The lowest BCUT2D eigenvalue weighted by Crippen LogP contribution is -2.61. The maximum atomic E-state index is 13.7. The first-order valence-corrected chi connectivity index (χ1v) is 10.4. The summed E-state index contributed by atoms with van der Waals surface area (Å²) in [7, 11) is 0. The Morgan fingerprint density at radius 2 is 1.59 bits per heavy atom. The zero-order chi connectivity index (χ0) is 23.3. The minimum absolute atomic E-state index is 0.209. The molecule has 0 saturated heterocycles. The smallest absolute Gasteiger partial charge is 0.322 e. The van der Waals surface area contributed by atoms with E-state index >= 15 is 0 Å². The van der Waals surface area contributed by atoms with Crippen molar-refractivity contribution in [2.45, 2.75) is 18.0 Å². The van der Waals surface area contributed by atoms with Crippen LogP contribution in [0.4, 0.5) is 0 Å². The van der Waals surface area contributed by atoms with Crippen molar-refractivity contribution in [3.63, 3.8) is 0 Å². The quantitative estimate of drug-likeness (QED) is 0.354. The van der Waals surface area contributed by atoms with E-state index in [1.807, 2.05) is 36.4 Å². The highest BCUT2D eigenvalue weighted by Crippen LogP contribution is 2.42. The van der Waals surface area contributed by atoms with Gasteiger partial charge in [0, 0.05) is 12.3 Å². The van der Waals surface area contributed by atoms with Crippen molar-refractivity contribution in [1.29, 1.82) is 0 Å². The molecule has 0 radical (unpaired) electrons. The van der Waals surface area contributed by atoms with Crippen molar-refractivity contribution in [3.05, 3.63) is 83.1 Å². The van der Waals surface area contributed by atoms with Crippen LogP contribution in [0.25, 0.3) is 0 Å². The van der Waals surface area contributed by atoms with Crippen LogP contribution in [0.2, 0.25) is 0 Å². The molecule has 0 aliphatic carbocycles. The molecule has 3 rings (SSSR count). The predicted molar refractivity (Wildman–Crippen MR) is 117 cm³/mol. The normalized spacial score (nSPS) is 18.7. The van der Waals surface area contributed by atoms with Crippen LogP contribution in [-0.2, 0) is 14.4 Å². The van der Waals surface area contributed by atoms with Gasteiger partial charge in [-0.15, -0.1) is 11.6 Å². The average Bonchev–Trinajstić information content (AvgIpc) is 2.80. The SMILES string of the molecule is O=C(O)CNC(=O)C1=C(O)CC(CO)(CCl)N(C(c2ccccc2)c2ccccc2)C1=O. The molecule has 0 fully saturated rings. The van der Waals surface area contributed by atoms with Gasteiger partial charge in [-0.1, -0.05) is 60.7 Å². The monoisotopic (exact) mass is 458 g/mol.